The standard InChI is InChI=1S/C30H32N6O6/c37-25-14-12-24(13-15-25)33-30-35-28(34-29(36-30)32-23-10-8-22(9-11-23)27(39)40)31-16-18-42-20-19-41-17-4-7-26(38)21-5-2-1-3-6-21/h1-3,5-6,8-15,37H,4,7,16-20H2,(H,39,40)(H3,31,32,33,34,35,36). The van der Waals surface area contributed by atoms with Crippen LogP contribution in [0.5, 0.6) is 5.75 Å². The number of aromatic carboxylic acids is 1. The number of nitrogens with zero attached hydrogens (tertiary/aromatic N) is 3. The van der Waals surface area contributed by atoms with Crippen LogP contribution in [0.3, 0.4) is 0 Å². The van der Waals surface area contributed by atoms with Gasteiger partial charge in [-0.3, -0.25) is 4.79 Å². The van der Waals surface area contributed by atoms with Gasteiger partial charge >= 0.3 is 5.97 Å². The van der Waals surface area contributed by atoms with Crippen molar-refractivity contribution in [3.05, 3.63) is 90.0 Å². The molecule has 0 aliphatic rings. The van der Waals surface area contributed by atoms with E-state index < -0.39 is 5.97 Å². The monoisotopic (exact) mass is 572 g/mol. The number of aromatic nitrogens is 3. The fourth-order valence-electron chi connectivity index (χ4n) is 3.73. The fraction of sp³-hybridized carbons (Fsp3) is 0.233. The maximum Gasteiger partial charge on any atom is 0.335 e. The molecule has 0 aliphatic heterocycles. The molecular weight excluding hydrogens is 540 g/mol. The number of rotatable bonds is 17. The van der Waals surface area contributed by atoms with Gasteiger partial charge in [-0.15, -0.1) is 0 Å². The van der Waals surface area contributed by atoms with Crippen LogP contribution in [0, 0.1) is 0 Å². The first kappa shape index (κ1) is 29.9. The SMILES string of the molecule is O=C(O)c1ccc(Nc2nc(NCCOCCOCCCC(=O)c3ccccc3)nc(Nc3ccc(O)cc3)n2)cc1. The van der Waals surface area contributed by atoms with Crippen LogP contribution in [0.4, 0.5) is 29.2 Å². The molecule has 5 N–H and O–H groups in total. The number of carboxylic acid groups (broad SMARTS) is 1. The molecule has 0 bridgehead atoms. The molecule has 0 atom stereocenters. The van der Waals surface area contributed by atoms with Gasteiger partial charge in [0.15, 0.2) is 5.78 Å². The number of phenolic OH excluding ortho intramolecular Hbond substituents is 1. The minimum atomic E-state index is -1.02. The molecule has 0 aliphatic carbocycles. The number of carbonyl (C=O) groups excluding carboxylic acids is 1. The van der Waals surface area contributed by atoms with Gasteiger partial charge in [0.25, 0.3) is 0 Å². The molecule has 4 aromatic rings. The Morgan fingerprint density at radius 1 is 0.667 bits per heavy atom. The Hall–Kier alpha value is -5.07. The molecule has 4 rings (SSSR count). The summed E-state index contributed by atoms with van der Waals surface area (Å²) in [5.74, 6) is 0.00128. The van der Waals surface area contributed by atoms with Crippen molar-refractivity contribution in [3.8, 4) is 5.75 Å². The molecule has 3 aromatic carbocycles. The van der Waals surface area contributed by atoms with Crippen molar-refractivity contribution in [1.29, 1.82) is 0 Å². The summed E-state index contributed by atoms with van der Waals surface area (Å²) in [7, 11) is 0. The molecule has 42 heavy (non-hydrogen) atoms. The summed E-state index contributed by atoms with van der Waals surface area (Å²) in [4.78, 5) is 36.4. The Labute approximate surface area is 242 Å². The van der Waals surface area contributed by atoms with Crippen LogP contribution in [0.15, 0.2) is 78.9 Å². The van der Waals surface area contributed by atoms with E-state index in [1.807, 2.05) is 30.3 Å². The second-order valence-corrected chi connectivity index (χ2v) is 9.03. The number of nitrogens with one attached hydrogen (secondary N) is 3. The van der Waals surface area contributed by atoms with E-state index in [1.54, 1.807) is 24.3 Å². The molecule has 12 heteroatoms. The van der Waals surface area contributed by atoms with Crippen LogP contribution in [0.1, 0.15) is 33.6 Å². The van der Waals surface area contributed by atoms with Gasteiger partial charge in [-0.1, -0.05) is 30.3 Å². The van der Waals surface area contributed by atoms with Crippen molar-refractivity contribution >= 4 is 41.0 Å². The van der Waals surface area contributed by atoms with E-state index in [0.717, 1.165) is 0 Å². The summed E-state index contributed by atoms with van der Waals surface area (Å²) in [6, 6.07) is 21.8. The third kappa shape index (κ3) is 9.84. The summed E-state index contributed by atoms with van der Waals surface area (Å²) < 4.78 is 11.2. The van der Waals surface area contributed by atoms with Crippen molar-refractivity contribution < 1.29 is 29.3 Å². The highest BCUT2D eigenvalue weighted by atomic mass is 16.5. The zero-order chi connectivity index (χ0) is 29.6. The van der Waals surface area contributed by atoms with Gasteiger partial charge in [0.2, 0.25) is 17.8 Å². The lowest BCUT2D eigenvalue weighted by atomic mass is 10.1. The number of aromatic hydroxyl groups is 1. The number of hydrogen-bond acceptors (Lipinski definition) is 11. The normalized spacial score (nSPS) is 10.7. The second kappa shape index (κ2) is 15.6. The van der Waals surface area contributed by atoms with E-state index >= 15 is 0 Å². The van der Waals surface area contributed by atoms with Crippen molar-refractivity contribution in [1.82, 2.24) is 15.0 Å². The van der Waals surface area contributed by atoms with Crippen molar-refractivity contribution in [2.45, 2.75) is 12.8 Å². The topological polar surface area (TPSA) is 168 Å². The summed E-state index contributed by atoms with van der Waals surface area (Å²) in [5.41, 5.74) is 2.14. The molecule has 0 unspecified atom stereocenters. The molecule has 0 saturated heterocycles. The van der Waals surface area contributed by atoms with E-state index in [4.69, 9.17) is 14.6 Å². The molecule has 1 aromatic heterocycles. The lowest BCUT2D eigenvalue weighted by Crippen LogP contribution is -2.15. The van der Waals surface area contributed by atoms with E-state index in [9.17, 15) is 14.7 Å². The van der Waals surface area contributed by atoms with Crippen molar-refractivity contribution in [2.24, 2.45) is 0 Å². The minimum absolute atomic E-state index is 0.107. The van der Waals surface area contributed by atoms with Crippen LogP contribution in [-0.2, 0) is 9.47 Å². The average molecular weight is 573 g/mol. The number of hydrogen-bond donors (Lipinski definition) is 5. The second-order valence-electron chi connectivity index (χ2n) is 9.03. The van der Waals surface area contributed by atoms with Gasteiger partial charge in [-0.2, -0.15) is 15.0 Å². The number of Topliss-reactive ketones (excluding diaryl/α,β-unsaturated/α-hetero) is 1. The molecule has 0 radical (unpaired) electrons. The zero-order valence-corrected chi connectivity index (χ0v) is 22.8. The van der Waals surface area contributed by atoms with E-state index in [2.05, 4.69) is 30.9 Å². The summed E-state index contributed by atoms with van der Waals surface area (Å²) in [6.45, 7) is 2.10. The first-order valence-corrected chi connectivity index (χ1v) is 13.4. The lowest BCUT2D eigenvalue weighted by molar-refractivity contribution is 0.0497. The smallest absolute Gasteiger partial charge is 0.335 e. The highest BCUT2D eigenvalue weighted by Crippen LogP contribution is 2.20. The molecule has 12 nitrogen and oxygen atoms in total. The number of carboxylic acids is 1. The Balaban J connectivity index is 1.23. The summed E-state index contributed by atoms with van der Waals surface area (Å²) >= 11 is 0. The molecular formula is C30H32N6O6. The maximum atomic E-state index is 12.1. The first-order chi connectivity index (χ1) is 20.5. The number of anilines is 5. The quantitative estimate of drug-likeness (QED) is 0.0662. The highest BCUT2D eigenvalue weighted by Gasteiger charge is 2.09. The van der Waals surface area contributed by atoms with Crippen LogP contribution < -0.4 is 16.0 Å². The van der Waals surface area contributed by atoms with Crippen LogP contribution in [0.2, 0.25) is 0 Å². The van der Waals surface area contributed by atoms with Gasteiger partial charge in [-0.25, -0.2) is 4.79 Å². The van der Waals surface area contributed by atoms with Crippen LogP contribution >= 0.6 is 0 Å². The Morgan fingerprint density at radius 2 is 1.24 bits per heavy atom. The number of benzene rings is 3. The Bertz CT molecular complexity index is 1440. The molecule has 0 spiro atoms. The predicted molar refractivity (Wildman–Crippen MR) is 158 cm³/mol. The first-order valence-electron chi connectivity index (χ1n) is 13.4. The third-order valence-electron chi connectivity index (χ3n) is 5.84. The Kier molecular flexibility index (Phi) is 11.1. The van der Waals surface area contributed by atoms with E-state index in [-0.39, 0.29) is 29.0 Å². The van der Waals surface area contributed by atoms with Crippen LogP contribution in [0.25, 0.3) is 0 Å². The highest BCUT2D eigenvalue weighted by molar-refractivity contribution is 5.95. The van der Waals surface area contributed by atoms with Gasteiger partial charge in [0.1, 0.15) is 5.75 Å². The largest absolute Gasteiger partial charge is 0.508 e. The van der Waals surface area contributed by atoms with Gasteiger partial charge < -0.3 is 35.6 Å². The number of ketones is 1. The minimum Gasteiger partial charge on any atom is -0.508 e. The number of carbonyl (C=O) groups is 2. The maximum absolute atomic E-state index is 12.1. The van der Waals surface area contributed by atoms with Gasteiger partial charge in [-0.05, 0) is 55.0 Å². The summed E-state index contributed by atoms with van der Waals surface area (Å²) in [6.07, 6.45) is 1.09. The number of phenols is 1. The van der Waals surface area contributed by atoms with E-state index in [0.29, 0.717) is 68.7 Å². The predicted octanol–water partition coefficient (Wildman–Crippen LogP) is 4.87. The molecule has 218 valence electrons. The molecule has 0 fully saturated rings. The Morgan fingerprint density at radius 3 is 1.86 bits per heavy atom. The van der Waals surface area contributed by atoms with Gasteiger partial charge in [0, 0.05) is 36.5 Å². The average Bonchev–Trinajstić information content (AvgIpc) is 3.00. The molecule has 1 heterocycles. The van der Waals surface area contributed by atoms with Crippen LogP contribution in [-0.4, -0.2) is 69.9 Å². The number of ether oxygens (including phenoxy) is 2. The summed E-state index contributed by atoms with van der Waals surface area (Å²) in [5, 5.41) is 27.9. The van der Waals surface area contributed by atoms with Crippen molar-refractivity contribution in [3.63, 3.8) is 0 Å². The van der Waals surface area contributed by atoms with E-state index in [1.165, 1.54) is 24.3 Å². The molecule has 0 saturated carbocycles. The molecule has 0 amide bonds. The fourth-order valence-corrected chi connectivity index (χ4v) is 3.73. The third-order valence-corrected chi connectivity index (χ3v) is 5.84. The van der Waals surface area contributed by atoms with Crippen molar-refractivity contribution in [2.75, 3.05) is 48.9 Å². The lowest BCUT2D eigenvalue weighted by Gasteiger charge is -2.12. The zero-order valence-electron chi connectivity index (χ0n) is 22.8. The van der Waals surface area contributed by atoms with Gasteiger partial charge in [0.05, 0.1) is 25.4 Å².